The van der Waals surface area contributed by atoms with Crippen molar-refractivity contribution in [2.75, 3.05) is 0 Å². The number of fused-ring (bicyclic) bond motifs is 3. The normalized spacial score (nSPS) is 11.8. The van der Waals surface area contributed by atoms with Crippen LogP contribution in [0.4, 0.5) is 0 Å². The van der Waals surface area contributed by atoms with Crippen LogP contribution >= 0.6 is 0 Å². The number of nitrogens with zero attached hydrogens (tertiary/aromatic N) is 1. The lowest BCUT2D eigenvalue weighted by atomic mass is 10.1. The third-order valence-electron chi connectivity index (χ3n) is 2.93. The summed E-state index contributed by atoms with van der Waals surface area (Å²) in [7, 11) is 0. The van der Waals surface area contributed by atoms with Crippen LogP contribution in [-0.4, -0.2) is 6.21 Å². The number of para-hydroxylation sites is 1. The molecule has 0 radical (unpaired) electrons. The standard InChI is InChI=1S/C15H13NO/c1-2-16-10-11-6-5-9-14-15(11)12-7-3-4-8-13(12)17-14/h2-9H,10H2,1H3/b16-2+. The molecule has 1 aromatic heterocycles. The van der Waals surface area contributed by atoms with Gasteiger partial charge in [-0.15, -0.1) is 0 Å². The zero-order chi connectivity index (χ0) is 11.7. The van der Waals surface area contributed by atoms with Gasteiger partial charge in [-0.25, -0.2) is 0 Å². The summed E-state index contributed by atoms with van der Waals surface area (Å²) in [5.74, 6) is 0. The molecule has 3 aromatic rings. The molecule has 0 atom stereocenters. The smallest absolute Gasteiger partial charge is 0.135 e. The predicted molar refractivity (Wildman–Crippen MR) is 71.6 cm³/mol. The Morgan fingerprint density at radius 2 is 1.88 bits per heavy atom. The molecule has 0 N–H and O–H groups in total. The fourth-order valence-corrected chi connectivity index (χ4v) is 2.17. The molecule has 0 unspecified atom stereocenters. The van der Waals surface area contributed by atoms with Crippen molar-refractivity contribution in [3.05, 3.63) is 48.0 Å². The number of furan rings is 1. The third kappa shape index (κ3) is 1.62. The van der Waals surface area contributed by atoms with Gasteiger partial charge in [0.25, 0.3) is 0 Å². The van der Waals surface area contributed by atoms with Gasteiger partial charge in [0.1, 0.15) is 11.2 Å². The highest BCUT2D eigenvalue weighted by Crippen LogP contribution is 2.31. The van der Waals surface area contributed by atoms with Crippen LogP contribution in [-0.2, 0) is 6.54 Å². The molecule has 2 nitrogen and oxygen atoms in total. The van der Waals surface area contributed by atoms with Gasteiger partial charge in [0, 0.05) is 10.8 Å². The Kier molecular flexibility index (Phi) is 2.41. The number of benzene rings is 2. The highest BCUT2D eigenvalue weighted by Gasteiger charge is 2.09. The maximum Gasteiger partial charge on any atom is 0.135 e. The summed E-state index contributed by atoms with van der Waals surface area (Å²) in [4.78, 5) is 4.31. The van der Waals surface area contributed by atoms with Crippen molar-refractivity contribution in [3.8, 4) is 0 Å². The first kappa shape index (κ1) is 10.1. The van der Waals surface area contributed by atoms with Gasteiger partial charge in [0.05, 0.1) is 6.54 Å². The summed E-state index contributed by atoms with van der Waals surface area (Å²) in [6.45, 7) is 2.64. The molecule has 0 spiro atoms. The van der Waals surface area contributed by atoms with Crippen LogP contribution < -0.4 is 0 Å². The van der Waals surface area contributed by atoms with E-state index in [9.17, 15) is 0 Å². The first-order valence-electron chi connectivity index (χ1n) is 5.73. The zero-order valence-corrected chi connectivity index (χ0v) is 9.68. The van der Waals surface area contributed by atoms with Crippen molar-refractivity contribution in [2.24, 2.45) is 4.99 Å². The van der Waals surface area contributed by atoms with E-state index in [1.807, 2.05) is 43.5 Å². The highest BCUT2D eigenvalue weighted by atomic mass is 16.3. The Morgan fingerprint density at radius 3 is 2.76 bits per heavy atom. The Bertz CT molecular complexity index is 694. The van der Waals surface area contributed by atoms with E-state index in [0.717, 1.165) is 11.2 Å². The average molecular weight is 223 g/mol. The van der Waals surface area contributed by atoms with E-state index in [0.29, 0.717) is 6.54 Å². The lowest BCUT2D eigenvalue weighted by Gasteiger charge is -1.98. The van der Waals surface area contributed by atoms with Crippen LogP contribution in [0.3, 0.4) is 0 Å². The van der Waals surface area contributed by atoms with Crippen LogP contribution in [0.2, 0.25) is 0 Å². The van der Waals surface area contributed by atoms with Gasteiger partial charge in [0.15, 0.2) is 0 Å². The first-order valence-corrected chi connectivity index (χ1v) is 5.73. The predicted octanol–water partition coefficient (Wildman–Crippen LogP) is 4.18. The first-order chi connectivity index (χ1) is 8.40. The molecule has 0 bridgehead atoms. The molecule has 1 heterocycles. The van der Waals surface area contributed by atoms with Gasteiger partial charge in [0.2, 0.25) is 0 Å². The van der Waals surface area contributed by atoms with Gasteiger partial charge in [-0.05, 0) is 30.8 Å². The number of rotatable bonds is 2. The number of hydrogen-bond donors (Lipinski definition) is 0. The van der Waals surface area contributed by atoms with E-state index in [-0.39, 0.29) is 0 Å². The second-order valence-electron chi connectivity index (χ2n) is 3.99. The van der Waals surface area contributed by atoms with E-state index < -0.39 is 0 Å². The summed E-state index contributed by atoms with van der Waals surface area (Å²) in [5.41, 5.74) is 3.09. The molecule has 17 heavy (non-hydrogen) atoms. The molecule has 0 aliphatic carbocycles. The van der Waals surface area contributed by atoms with Crippen molar-refractivity contribution in [2.45, 2.75) is 13.5 Å². The van der Waals surface area contributed by atoms with Gasteiger partial charge < -0.3 is 4.42 Å². The van der Waals surface area contributed by atoms with Crippen molar-refractivity contribution < 1.29 is 4.42 Å². The molecule has 3 rings (SSSR count). The van der Waals surface area contributed by atoms with Gasteiger partial charge in [-0.2, -0.15) is 0 Å². The fraction of sp³-hybridized carbons (Fsp3) is 0.133. The second kappa shape index (κ2) is 4.06. The SMILES string of the molecule is C/C=N/Cc1cccc2oc3ccccc3c12. The van der Waals surface area contributed by atoms with Crippen LogP contribution in [0.15, 0.2) is 51.9 Å². The molecule has 0 saturated carbocycles. The minimum absolute atomic E-state index is 0.706. The molecular formula is C15H13NO. The number of aliphatic imine (C=N–C) groups is 1. The Hall–Kier alpha value is -2.09. The van der Waals surface area contributed by atoms with Crippen LogP contribution in [0.1, 0.15) is 12.5 Å². The van der Waals surface area contributed by atoms with E-state index in [2.05, 4.69) is 17.1 Å². The lowest BCUT2D eigenvalue weighted by molar-refractivity contribution is 0.668. The lowest BCUT2D eigenvalue weighted by Crippen LogP contribution is -1.82. The van der Waals surface area contributed by atoms with Crippen LogP contribution in [0.5, 0.6) is 0 Å². The van der Waals surface area contributed by atoms with Crippen molar-refractivity contribution in [3.63, 3.8) is 0 Å². The van der Waals surface area contributed by atoms with Crippen molar-refractivity contribution in [1.82, 2.24) is 0 Å². The van der Waals surface area contributed by atoms with Crippen molar-refractivity contribution >= 4 is 28.2 Å². The summed E-state index contributed by atoms with van der Waals surface area (Å²) >= 11 is 0. The van der Waals surface area contributed by atoms with Gasteiger partial charge >= 0.3 is 0 Å². The molecule has 84 valence electrons. The third-order valence-corrected chi connectivity index (χ3v) is 2.93. The molecule has 2 aromatic carbocycles. The second-order valence-corrected chi connectivity index (χ2v) is 3.99. The summed E-state index contributed by atoms with van der Waals surface area (Å²) in [6.07, 6.45) is 1.83. The van der Waals surface area contributed by atoms with Gasteiger partial charge in [-0.1, -0.05) is 30.3 Å². The topological polar surface area (TPSA) is 25.5 Å². The molecule has 0 aliphatic rings. The Labute approximate surface area is 99.6 Å². The zero-order valence-electron chi connectivity index (χ0n) is 9.68. The molecule has 0 fully saturated rings. The molecular weight excluding hydrogens is 210 g/mol. The van der Waals surface area contributed by atoms with E-state index in [1.54, 1.807) is 0 Å². The van der Waals surface area contributed by atoms with E-state index >= 15 is 0 Å². The van der Waals surface area contributed by atoms with E-state index in [4.69, 9.17) is 4.42 Å². The Balaban J connectivity index is 2.35. The van der Waals surface area contributed by atoms with E-state index in [1.165, 1.54) is 16.3 Å². The summed E-state index contributed by atoms with van der Waals surface area (Å²) in [5, 5.41) is 2.36. The summed E-state index contributed by atoms with van der Waals surface area (Å²) in [6, 6.07) is 14.3. The van der Waals surface area contributed by atoms with Gasteiger partial charge in [-0.3, -0.25) is 4.99 Å². The molecule has 2 heteroatoms. The average Bonchev–Trinajstić information content (AvgIpc) is 2.75. The van der Waals surface area contributed by atoms with Crippen molar-refractivity contribution in [1.29, 1.82) is 0 Å². The maximum atomic E-state index is 5.82. The quantitative estimate of drug-likeness (QED) is 0.598. The highest BCUT2D eigenvalue weighted by molar-refractivity contribution is 6.06. The monoisotopic (exact) mass is 223 g/mol. The minimum Gasteiger partial charge on any atom is -0.456 e. The summed E-state index contributed by atoms with van der Waals surface area (Å²) < 4.78 is 5.82. The minimum atomic E-state index is 0.706. The van der Waals surface area contributed by atoms with Crippen LogP contribution in [0, 0.1) is 0 Å². The van der Waals surface area contributed by atoms with Crippen LogP contribution in [0.25, 0.3) is 21.9 Å². The largest absolute Gasteiger partial charge is 0.456 e. The number of hydrogen-bond acceptors (Lipinski definition) is 2. The maximum absolute atomic E-state index is 5.82. The molecule has 0 amide bonds. The fourth-order valence-electron chi connectivity index (χ4n) is 2.17. The Morgan fingerprint density at radius 1 is 1.06 bits per heavy atom. The molecule has 0 aliphatic heterocycles. The molecule has 0 saturated heterocycles.